The third-order valence-corrected chi connectivity index (χ3v) is 8.23. The SMILES string of the molecule is C[C@H](c1ccc(Cl)cc1Cl)n1nc(C#N)c2ncc(N3CC([C@H]4CCCN(Cc5ccn[nH]5)C4)C3)nc21. The van der Waals surface area contributed by atoms with Gasteiger partial charge in [0.2, 0.25) is 0 Å². The zero-order valence-corrected chi connectivity index (χ0v) is 22.0. The summed E-state index contributed by atoms with van der Waals surface area (Å²) in [6, 6.07) is 9.35. The van der Waals surface area contributed by atoms with Crippen LogP contribution in [0.1, 0.15) is 42.8 Å². The van der Waals surface area contributed by atoms with E-state index in [1.165, 1.54) is 18.5 Å². The minimum Gasteiger partial charge on any atom is -0.355 e. The molecule has 0 radical (unpaired) electrons. The first-order valence-corrected chi connectivity index (χ1v) is 13.3. The van der Waals surface area contributed by atoms with E-state index in [0.717, 1.165) is 44.1 Å². The van der Waals surface area contributed by atoms with E-state index >= 15 is 0 Å². The first-order valence-electron chi connectivity index (χ1n) is 12.6. The van der Waals surface area contributed by atoms with Gasteiger partial charge in [-0.2, -0.15) is 15.5 Å². The second-order valence-corrected chi connectivity index (χ2v) is 10.9. The lowest BCUT2D eigenvalue weighted by Gasteiger charge is -2.47. The van der Waals surface area contributed by atoms with Crippen LogP contribution in [0, 0.1) is 23.2 Å². The van der Waals surface area contributed by atoms with Crippen molar-refractivity contribution in [3.05, 3.63) is 63.7 Å². The number of hydrogen-bond acceptors (Lipinski definition) is 7. The molecule has 37 heavy (non-hydrogen) atoms. The quantitative estimate of drug-likeness (QED) is 0.382. The zero-order chi connectivity index (χ0) is 25.5. The Bertz CT molecular complexity index is 1450. The molecule has 1 aromatic carbocycles. The van der Waals surface area contributed by atoms with Gasteiger partial charge in [-0.25, -0.2) is 14.6 Å². The van der Waals surface area contributed by atoms with Crippen molar-refractivity contribution in [3.63, 3.8) is 0 Å². The van der Waals surface area contributed by atoms with Gasteiger partial charge in [0.15, 0.2) is 11.3 Å². The highest BCUT2D eigenvalue weighted by molar-refractivity contribution is 6.35. The molecule has 1 N–H and O–H groups in total. The standard InChI is InChI=1S/C26H27Cl2N9/c1-16(21-5-4-19(27)9-22(21)28)37-26-25(23(10-29)34-37)30-11-24(32-26)36-13-18(14-36)17-3-2-8-35(12-17)15-20-6-7-31-33-20/h4-7,9,11,16-18H,2-3,8,12-15H2,1H3,(H,31,33)/t16-,17+/m1/s1. The summed E-state index contributed by atoms with van der Waals surface area (Å²) in [6.07, 6.45) is 6.06. The molecule has 2 saturated heterocycles. The minimum absolute atomic E-state index is 0.244. The molecule has 0 saturated carbocycles. The summed E-state index contributed by atoms with van der Waals surface area (Å²) in [4.78, 5) is 14.3. The average Bonchev–Trinajstić information content (AvgIpc) is 3.50. The minimum atomic E-state index is -0.244. The number of benzene rings is 1. The number of rotatable bonds is 6. The largest absolute Gasteiger partial charge is 0.355 e. The van der Waals surface area contributed by atoms with E-state index in [9.17, 15) is 5.26 Å². The van der Waals surface area contributed by atoms with Crippen molar-refractivity contribution in [2.75, 3.05) is 31.1 Å². The number of aromatic nitrogens is 6. The Balaban J connectivity index is 1.19. The molecular formula is C26H27Cl2N9. The lowest BCUT2D eigenvalue weighted by Crippen LogP contribution is -2.53. The molecule has 2 atom stereocenters. The van der Waals surface area contributed by atoms with Gasteiger partial charge in [0, 0.05) is 48.1 Å². The highest BCUT2D eigenvalue weighted by Gasteiger charge is 2.37. The van der Waals surface area contributed by atoms with Gasteiger partial charge in [-0.3, -0.25) is 10.00 Å². The first-order chi connectivity index (χ1) is 18.0. The van der Waals surface area contributed by atoms with Gasteiger partial charge in [0.25, 0.3) is 0 Å². The van der Waals surface area contributed by atoms with Crippen LogP contribution in [0.5, 0.6) is 0 Å². The third-order valence-electron chi connectivity index (χ3n) is 7.67. The number of nitriles is 1. The number of likely N-dealkylation sites (tertiary alicyclic amines) is 1. The van der Waals surface area contributed by atoms with Crippen LogP contribution in [0.2, 0.25) is 10.0 Å². The van der Waals surface area contributed by atoms with Crippen LogP contribution >= 0.6 is 23.2 Å². The summed E-state index contributed by atoms with van der Waals surface area (Å²) in [5.41, 5.74) is 3.36. The Kier molecular flexibility index (Phi) is 6.49. The number of anilines is 1. The molecular weight excluding hydrogens is 509 g/mol. The van der Waals surface area contributed by atoms with Gasteiger partial charge < -0.3 is 4.90 Å². The maximum Gasteiger partial charge on any atom is 0.190 e. The molecule has 6 rings (SSSR count). The van der Waals surface area contributed by atoms with Gasteiger partial charge >= 0.3 is 0 Å². The molecule has 0 unspecified atom stereocenters. The van der Waals surface area contributed by atoms with E-state index in [-0.39, 0.29) is 11.7 Å². The molecule has 0 bridgehead atoms. The Morgan fingerprint density at radius 3 is 2.81 bits per heavy atom. The van der Waals surface area contributed by atoms with Crippen LogP contribution < -0.4 is 4.90 Å². The van der Waals surface area contributed by atoms with Gasteiger partial charge in [0.05, 0.1) is 12.2 Å². The molecule has 0 spiro atoms. The van der Waals surface area contributed by atoms with Gasteiger partial charge in [-0.05, 0) is 61.9 Å². The maximum absolute atomic E-state index is 9.65. The zero-order valence-electron chi connectivity index (χ0n) is 20.5. The summed E-state index contributed by atoms with van der Waals surface area (Å²) >= 11 is 12.6. The normalized spacial score (nSPS) is 19.6. The number of halogens is 2. The summed E-state index contributed by atoms with van der Waals surface area (Å²) in [6.45, 7) is 7.07. The van der Waals surface area contributed by atoms with Gasteiger partial charge in [0.1, 0.15) is 17.4 Å². The number of nitrogens with one attached hydrogen (secondary N) is 1. The third kappa shape index (κ3) is 4.65. The van der Waals surface area contributed by atoms with E-state index in [2.05, 4.69) is 36.1 Å². The highest BCUT2D eigenvalue weighted by Crippen LogP contribution is 2.35. The van der Waals surface area contributed by atoms with Crippen LogP contribution in [0.3, 0.4) is 0 Å². The molecule has 9 nitrogen and oxygen atoms in total. The number of aromatic amines is 1. The summed E-state index contributed by atoms with van der Waals surface area (Å²) in [5.74, 6) is 2.12. The Morgan fingerprint density at radius 2 is 2.05 bits per heavy atom. The summed E-state index contributed by atoms with van der Waals surface area (Å²) in [7, 11) is 0. The number of H-pyrrole nitrogens is 1. The number of nitrogens with zero attached hydrogens (tertiary/aromatic N) is 8. The first kappa shape index (κ1) is 24.2. The monoisotopic (exact) mass is 535 g/mol. The molecule has 3 aromatic heterocycles. The van der Waals surface area contributed by atoms with Crippen molar-refractivity contribution in [1.82, 2.24) is 34.8 Å². The lowest BCUT2D eigenvalue weighted by atomic mass is 9.80. The highest BCUT2D eigenvalue weighted by atomic mass is 35.5. The molecule has 190 valence electrons. The summed E-state index contributed by atoms with van der Waals surface area (Å²) in [5, 5.41) is 22.5. The molecule has 2 fully saturated rings. The van der Waals surface area contributed by atoms with E-state index in [0.29, 0.717) is 33.0 Å². The molecule has 0 amide bonds. The predicted molar refractivity (Wildman–Crippen MR) is 143 cm³/mol. The van der Waals surface area contributed by atoms with E-state index in [1.54, 1.807) is 23.0 Å². The number of fused-ring (bicyclic) bond motifs is 1. The molecule has 5 heterocycles. The van der Waals surface area contributed by atoms with Crippen molar-refractivity contribution in [1.29, 1.82) is 5.26 Å². The van der Waals surface area contributed by atoms with Crippen molar-refractivity contribution in [2.45, 2.75) is 32.4 Å². The van der Waals surface area contributed by atoms with Crippen molar-refractivity contribution < 1.29 is 0 Å². The van der Waals surface area contributed by atoms with Gasteiger partial charge in [-0.15, -0.1) is 0 Å². The van der Waals surface area contributed by atoms with E-state index in [1.807, 2.05) is 25.3 Å². The molecule has 2 aliphatic heterocycles. The van der Waals surface area contributed by atoms with Crippen molar-refractivity contribution >= 4 is 40.2 Å². The topological polar surface area (TPSA) is 103 Å². The van der Waals surface area contributed by atoms with Crippen molar-refractivity contribution in [3.8, 4) is 6.07 Å². The number of hydrogen-bond donors (Lipinski definition) is 1. The smallest absolute Gasteiger partial charge is 0.190 e. The van der Waals surface area contributed by atoms with Gasteiger partial charge in [-0.1, -0.05) is 29.3 Å². The van der Waals surface area contributed by atoms with Crippen LogP contribution in [0.4, 0.5) is 5.82 Å². The Labute approximate surface area is 225 Å². The molecule has 4 aromatic rings. The van der Waals surface area contributed by atoms with E-state index in [4.69, 9.17) is 28.2 Å². The fraction of sp³-hybridized carbons (Fsp3) is 0.423. The fourth-order valence-corrected chi connectivity index (χ4v) is 6.17. The van der Waals surface area contributed by atoms with Crippen molar-refractivity contribution in [2.24, 2.45) is 11.8 Å². The Morgan fingerprint density at radius 1 is 1.19 bits per heavy atom. The Hall–Kier alpha value is -3.19. The van der Waals surface area contributed by atoms with Crippen LogP contribution in [-0.2, 0) is 6.54 Å². The lowest BCUT2D eigenvalue weighted by molar-refractivity contribution is 0.113. The molecule has 0 aliphatic carbocycles. The summed E-state index contributed by atoms with van der Waals surface area (Å²) < 4.78 is 1.74. The predicted octanol–water partition coefficient (Wildman–Crippen LogP) is 4.69. The number of piperidine rings is 1. The maximum atomic E-state index is 9.65. The molecule has 11 heteroatoms. The second kappa shape index (κ2) is 9.93. The van der Waals surface area contributed by atoms with Crippen LogP contribution in [0.25, 0.3) is 11.2 Å². The van der Waals surface area contributed by atoms with E-state index < -0.39 is 0 Å². The second-order valence-electron chi connectivity index (χ2n) is 10.0. The molecule has 2 aliphatic rings. The average molecular weight is 536 g/mol. The fourth-order valence-electron chi connectivity index (χ4n) is 5.60. The van der Waals surface area contributed by atoms with Crippen LogP contribution in [-0.4, -0.2) is 61.0 Å². The van der Waals surface area contributed by atoms with Crippen LogP contribution in [0.15, 0.2) is 36.7 Å².